The average molecular weight is 503 g/mol. The zero-order valence-corrected chi connectivity index (χ0v) is 20.6. The predicted molar refractivity (Wildman–Crippen MR) is 134 cm³/mol. The van der Waals surface area contributed by atoms with Crippen LogP contribution >= 0.6 is 0 Å². The number of nitrogens with zero attached hydrogens (tertiary/aromatic N) is 1. The molecule has 0 fully saturated rings. The standard InChI is InChI=1S/C24H26N2O6S2/c1-4-25-19-9-6-17(7-10-19)24(18-8-13-22(26-5-2)16(3)14-18)21-12-11-20(33(27,28)29)15-23(21)34(30,31)32/h6-15,25H,4-5H2,1-3H3,(H,27,28,29)(H,30,31,32). The molecule has 0 amide bonds. The van der Waals surface area contributed by atoms with Crippen LogP contribution in [0.4, 0.5) is 5.69 Å². The second-order valence-corrected chi connectivity index (χ2v) is 10.4. The fourth-order valence-electron chi connectivity index (χ4n) is 3.68. The summed E-state index contributed by atoms with van der Waals surface area (Å²) in [6.07, 6.45) is 5.47. The second-order valence-electron chi connectivity index (χ2n) is 7.57. The van der Waals surface area contributed by atoms with Crippen molar-refractivity contribution in [3.8, 4) is 0 Å². The Morgan fingerprint density at radius 3 is 2.15 bits per heavy atom. The average Bonchev–Trinajstić information content (AvgIpc) is 2.76. The van der Waals surface area contributed by atoms with Gasteiger partial charge in [-0.2, -0.15) is 16.8 Å². The quantitative estimate of drug-likeness (QED) is 0.478. The van der Waals surface area contributed by atoms with Gasteiger partial charge in [-0.25, -0.2) is 0 Å². The molecule has 0 spiro atoms. The van der Waals surface area contributed by atoms with Gasteiger partial charge in [-0.15, -0.1) is 0 Å². The van der Waals surface area contributed by atoms with Gasteiger partial charge in [0.2, 0.25) is 0 Å². The molecular formula is C24H26N2O6S2. The summed E-state index contributed by atoms with van der Waals surface area (Å²) in [4.78, 5) is 3.16. The maximum absolute atomic E-state index is 12.3. The van der Waals surface area contributed by atoms with Gasteiger partial charge in [0.05, 0.1) is 10.6 Å². The van der Waals surface area contributed by atoms with Crippen molar-refractivity contribution < 1.29 is 25.9 Å². The highest BCUT2D eigenvalue weighted by atomic mass is 32.2. The first-order valence-electron chi connectivity index (χ1n) is 10.5. The minimum atomic E-state index is -4.85. The number of hydrogen-bond donors (Lipinski definition) is 3. The zero-order valence-electron chi connectivity index (χ0n) is 19.0. The number of rotatable bonds is 7. The summed E-state index contributed by atoms with van der Waals surface area (Å²) in [5, 5.41) is 3.19. The van der Waals surface area contributed by atoms with Gasteiger partial charge in [-0.1, -0.05) is 24.3 Å². The highest BCUT2D eigenvalue weighted by Gasteiger charge is 2.25. The minimum absolute atomic E-state index is 0.0886. The van der Waals surface area contributed by atoms with E-state index in [1.807, 2.05) is 45.1 Å². The van der Waals surface area contributed by atoms with Crippen LogP contribution in [0.3, 0.4) is 0 Å². The molecule has 0 unspecified atom stereocenters. The number of anilines is 1. The van der Waals surface area contributed by atoms with Crippen LogP contribution in [0.1, 0.15) is 31.9 Å². The highest BCUT2D eigenvalue weighted by Crippen LogP contribution is 2.36. The maximum atomic E-state index is 12.3. The van der Waals surface area contributed by atoms with Crippen LogP contribution in [-0.2, 0) is 20.2 Å². The summed E-state index contributed by atoms with van der Waals surface area (Å²) in [6, 6.07) is 10.4. The molecule has 0 aromatic heterocycles. The summed E-state index contributed by atoms with van der Waals surface area (Å²) in [7, 11) is -9.54. The number of allylic oxidation sites excluding steroid dienone is 5. The maximum Gasteiger partial charge on any atom is 0.295 e. The summed E-state index contributed by atoms with van der Waals surface area (Å²) in [6.45, 7) is 7.10. The number of aliphatic imine (C=N–C) groups is 1. The van der Waals surface area contributed by atoms with Gasteiger partial charge in [0.25, 0.3) is 20.2 Å². The highest BCUT2D eigenvalue weighted by molar-refractivity contribution is 7.86. The number of benzene rings is 2. The van der Waals surface area contributed by atoms with Crippen molar-refractivity contribution in [2.75, 3.05) is 18.4 Å². The van der Waals surface area contributed by atoms with Gasteiger partial charge in [0, 0.05) is 24.3 Å². The molecular weight excluding hydrogens is 476 g/mol. The molecule has 0 saturated heterocycles. The Hall–Kier alpha value is -3.05. The van der Waals surface area contributed by atoms with E-state index in [1.54, 1.807) is 18.2 Å². The molecule has 34 heavy (non-hydrogen) atoms. The van der Waals surface area contributed by atoms with Gasteiger partial charge in [-0.05, 0) is 79.5 Å². The van der Waals surface area contributed by atoms with Gasteiger partial charge in [0.15, 0.2) is 0 Å². The Labute approximate surface area is 199 Å². The molecule has 0 atom stereocenters. The lowest BCUT2D eigenvalue weighted by molar-refractivity contribution is 0.481. The SMILES string of the molecule is CCN=C1C=CC(=C(c2ccc(NCC)cc2)c2ccc(S(=O)(=O)O)cc2S(=O)(=O)O)C=C1C. The number of nitrogens with one attached hydrogen (secondary N) is 1. The third kappa shape index (κ3) is 5.71. The van der Waals surface area contributed by atoms with Gasteiger partial charge in [-0.3, -0.25) is 14.1 Å². The predicted octanol–water partition coefficient (Wildman–Crippen LogP) is 4.39. The molecule has 180 valence electrons. The molecule has 2 aromatic carbocycles. The van der Waals surface area contributed by atoms with Gasteiger partial charge >= 0.3 is 0 Å². The normalized spacial score (nSPS) is 17.0. The van der Waals surface area contributed by atoms with E-state index in [9.17, 15) is 25.9 Å². The van der Waals surface area contributed by atoms with Crippen LogP contribution < -0.4 is 5.32 Å². The Morgan fingerprint density at radius 2 is 1.62 bits per heavy atom. The molecule has 8 nitrogen and oxygen atoms in total. The van der Waals surface area contributed by atoms with Crippen molar-refractivity contribution in [1.29, 1.82) is 0 Å². The number of hydrogen-bond acceptors (Lipinski definition) is 6. The van der Waals surface area contributed by atoms with Crippen molar-refractivity contribution in [1.82, 2.24) is 0 Å². The second kappa shape index (κ2) is 10.1. The molecule has 0 heterocycles. The third-order valence-corrected chi connectivity index (χ3v) is 6.91. The van der Waals surface area contributed by atoms with Gasteiger partial charge < -0.3 is 5.32 Å². The van der Waals surface area contributed by atoms with E-state index in [0.29, 0.717) is 23.3 Å². The van der Waals surface area contributed by atoms with E-state index in [2.05, 4.69) is 10.3 Å². The smallest absolute Gasteiger partial charge is 0.295 e. The fraction of sp³-hybridized carbons (Fsp3) is 0.208. The summed E-state index contributed by atoms with van der Waals surface area (Å²) < 4.78 is 67.2. The topological polar surface area (TPSA) is 133 Å². The van der Waals surface area contributed by atoms with Gasteiger partial charge in [0.1, 0.15) is 4.90 Å². The lowest BCUT2D eigenvalue weighted by Crippen LogP contribution is -2.09. The molecule has 2 aromatic rings. The first-order chi connectivity index (χ1) is 16.0. The lowest BCUT2D eigenvalue weighted by atomic mass is 9.89. The first-order valence-corrected chi connectivity index (χ1v) is 13.4. The molecule has 3 N–H and O–H groups in total. The van der Waals surface area contributed by atoms with Crippen LogP contribution in [0.15, 0.2) is 86.6 Å². The minimum Gasteiger partial charge on any atom is -0.385 e. The molecule has 0 radical (unpaired) electrons. The fourth-order valence-corrected chi connectivity index (χ4v) is 4.98. The Kier molecular flexibility index (Phi) is 7.57. The Balaban J connectivity index is 2.36. The van der Waals surface area contributed by atoms with Crippen molar-refractivity contribution in [3.63, 3.8) is 0 Å². The largest absolute Gasteiger partial charge is 0.385 e. The molecule has 0 aliphatic heterocycles. The third-order valence-electron chi connectivity index (χ3n) is 5.17. The zero-order chi connectivity index (χ0) is 25.1. The van der Waals surface area contributed by atoms with E-state index in [4.69, 9.17) is 0 Å². The Morgan fingerprint density at radius 1 is 0.941 bits per heavy atom. The van der Waals surface area contributed by atoms with Crippen molar-refractivity contribution in [3.05, 3.63) is 83.0 Å². The van der Waals surface area contributed by atoms with Crippen LogP contribution in [0.5, 0.6) is 0 Å². The summed E-state index contributed by atoms with van der Waals surface area (Å²) in [5.74, 6) is 0. The molecule has 3 rings (SSSR count). The molecule has 0 saturated carbocycles. The first kappa shape index (κ1) is 25.6. The Bertz CT molecular complexity index is 1430. The molecule has 10 heteroatoms. The summed E-state index contributed by atoms with van der Waals surface area (Å²) in [5.41, 5.74) is 4.37. The van der Waals surface area contributed by atoms with E-state index >= 15 is 0 Å². The van der Waals surface area contributed by atoms with Crippen molar-refractivity contribution in [2.24, 2.45) is 4.99 Å². The summed E-state index contributed by atoms with van der Waals surface area (Å²) >= 11 is 0. The van der Waals surface area contributed by atoms with E-state index in [-0.39, 0.29) is 5.56 Å². The molecule has 1 aliphatic rings. The van der Waals surface area contributed by atoms with Crippen LogP contribution in [0, 0.1) is 0 Å². The van der Waals surface area contributed by atoms with Crippen LogP contribution in [0.25, 0.3) is 5.57 Å². The van der Waals surface area contributed by atoms with E-state index in [1.165, 1.54) is 6.07 Å². The van der Waals surface area contributed by atoms with Crippen molar-refractivity contribution in [2.45, 2.75) is 30.6 Å². The lowest BCUT2D eigenvalue weighted by Gasteiger charge is -2.18. The van der Waals surface area contributed by atoms with Crippen LogP contribution in [0.2, 0.25) is 0 Å². The van der Waals surface area contributed by atoms with E-state index < -0.39 is 30.0 Å². The monoisotopic (exact) mass is 502 g/mol. The molecule has 1 aliphatic carbocycles. The van der Waals surface area contributed by atoms with Crippen molar-refractivity contribution >= 4 is 37.2 Å². The van der Waals surface area contributed by atoms with Crippen LogP contribution in [-0.4, -0.2) is 44.7 Å². The molecule has 0 bridgehead atoms. The van der Waals surface area contributed by atoms with E-state index in [0.717, 1.165) is 35.6 Å².